The predicted octanol–water partition coefficient (Wildman–Crippen LogP) is 1.52. The number of nitrogens with one attached hydrogen (secondary N) is 2. The number of benzene rings is 1. The molecule has 1 saturated carbocycles. The van der Waals surface area contributed by atoms with Crippen LogP contribution in [0.4, 0.5) is 0 Å². The normalized spacial score (nSPS) is 19.4. The van der Waals surface area contributed by atoms with E-state index in [0.29, 0.717) is 25.4 Å². The third-order valence-corrected chi connectivity index (χ3v) is 4.01. The molecule has 0 saturated heterocycles. The fourth-order valence-corrected chi connectivity index (χ4v) is 2.45. The number of carbonyl (C=O) groups is 2. The van der Waals surface area contributed by atoms with Gasteiger partial charge in [-0.2, -0.15) is 0 Å². The second-order valence-corrected chi connectivity index (χ2v) is 5.77. The van der Waals surface area contributed by atoms with Crippen molar-refractivity contribution in [3.63, 3.8) is 0 Å². The van der Waals surface area contributed by atoms with Gasteiger partial charge in [-0.1, -0.05) is 25.1 Å². The summed E-state index contributed by atoms with van der Waals surface area (Å²) in [4.78, 5) is 23.3. The lowest BCUT2D eigenvalue weighted by Gasteiger charge is -2.09. The Morgan fingerprint density at radius 3 is 2.64 bits per heavy atom. The maximum Gasteiger partial charge on any atom is 0.223 e. The van der Waals surface area contributed by atoms with Crippen molar-refractivity contribution in [2.75, 3.05) is 20.2 Å². The second-order valence-electron chi connectivity index (χ2n) is 5.77. The molecule has 2 rings (SSSR count). The molecule has 0 aliphatic heterocycles. The lowest BCUT2D eigenvalue weighted by atomic mass is 10.1. The molecule has 0 heterocycles. The Morgan fingerprint density at radius 1 is 1.23 bits per heavy atom. The Morgan fingerprint density at radius 2 is 1.95 bits per heavy atom. The number of ether oxygens (including phenoxy) is 1. The molecule has 0 bridgehead atoms. The van der Waals surface area contributed by atoms with Gasteiger partial charge in [0.15, 0.2) is 0 Å². The van der Waals surface area contributed by atoms with Crippen LogP contribution < -0.4 is 15.4 Å². The van der Waals surface area contributed by atoms with Gasteiger partial charge in [0.05, 0.1) is 7.11 Å². The van der Waals surface area contributed by atoms with E-state index in [4.69, 9.17) is 4.74 Å². The standard InChI is InChI=1S/C17H24N2O3/c1-12-11-14(12)17(21)19-10-8-16(20)18-9-7-13-5-3-4-6-15(13)22-2/h3-6,12,14H,7-11H2,1-2H3,(H,18,20)(H,19,21)/t12-,14+/m0/s1. The Kier molecular flexibility index (Phi) is 5.81. The maximum atomic E-state index is 11.7. The van der Waals surface area contributed by atoms with Crippen molar-refractivity contribution in [1.29, 1.82) is 0 Å². The summed E-state index contributed by atoms with van der Waals surface area (Å²) in [5.41, 5.74) is 1.07. The molecular weight excluding hydrogens is 280 g/mol. The van der Waals surface area contributed by atoms with E-state index in [2.05, 4.69) is 17.6 Å². The molecule has 1 fully saturated rings. The molecule has 0 radical (unpaired) electrons. The highest BCUT2D eigenvalue weighted by atomic mass is 16.5. The molecule has 1 aliphatic carbocycles. The summed E-state index contributed by atoms with van der Waals surface area (Å²) in [7, 11) is 1.64. The predicted molar refractivity (Wildman–Crippen MR) is 84.6 cm³/mol. The number of hydrogen-bond acceptors (Lipinski definition) is 3. The van der Waals surface area contributed by atoms with Gasteiger partial charge in [-0.25, -0.2) is 0 Å². The van der Waals surface area contributed by atoms with Crippen LogP contribution in [0.1, 0.15) is 25.3 Å². The summed E-state index contributed by atoms with van der Waals surface area (Å²) in [6, 6.07) is 7.77. The summed E-state index contributed by atoms with van der Waals surface area (Å²) in [6.45, 7) is 3.03. The Hall–Kier alpha value is -2.04. The SMILES string of the molecule is COc1ccccc1CCNC(=O)CCNC(=O)[C@@H]1C[C@@H]1C. The van der Waals surface area contributed by atoms with E-state index in [9.17, 15) is 9.59 Å². The third-order valence-electron chi connectivity index (χ3n) is 4.01. The van der Waals surface area contributed by atoms with Crippen molar-refractivity contribution >= 4 is 11.8 Å². The van der Waals surface area contributed by atoms with Gasteiger partial charge in [0, 0.05) is 25.4 Å². The minimum absolute atomic E-state index is 0.0426. The van der Waals surface area contributed by atoms with Crippen molar-refractivity contribution in [3.8, 4) is 5.75 Å². The third kappa shape index (κ3) is 4.76. The zero-order valence-electron chi connectivity index (χ0n) is 13.2. The van der Waals surface area contributed by atoms with Crippen LogP contribution in [0.2, 0.25) is 0 Å². The molecule has 0 aromatic heterocycles. The largest absolute Gasteiger partial charge is 0.496 e. The molecule has 5 nitrogen and oxygen atoms in total. The van der Waals surface area contributed by atoms with Gasteiger partial charge in [0.2, 0.25) is 11.8 Å². The van der Waals surface area contributed by atoms with Crippen LogP contribution in [0, 0.1) is 11.8 Å². The van der Waals surface area contributed by atoms with E-state index in [1.807, 2.05) is 24.3 Å². The van der Waals surface area contributed by atoms with Gasteiger partial charge in [-0.05, 0) is 30.4 Å². The number of para-hydroxylation sites is 1. The molecule has 0 spiro atoms. The maximum absolute atomic E-state index is 11.7. The molecule has 2 amide bonds. The molecule has 5 heteroatoms. The molecule has 1 aromatic carbocycles. The van der Waals surface area contributed by atoms with Crippen LogP contribution in [0.15, 0.2) is 24.3 Å². The van der Waals surface area contributed by atoms with Crippen molar-refractivity contribution in [2.24, 2.45) is 11.8 Å². The quantitative estimate of drug-likeness (QED) is 0.765. The highest BCUT2D eigenvalue weighted by Gasteiger charge is 2.38. The van der Waals surface area contributed by atoms with Crippen molar-refractivity contribution in [3.05, 3.63) is 29.8 Å². The minimum Gasteiger partial charge on any atom is -0.496 e. The molecule has 0 unspecified atom stereocenters. The first-order chi connectivity index (χ1) is 10.6. The Bertz CT molecular complexity index is 530. The Balaban J connectivity index is 1.60. The minimum atomic E-state index is -0.0426. The van der Waals surface area contributed by atoms with Crippen molar-refractivity contribution in [2.45, 2.75) is 26.2 Å². The van der Waals surface area contributed by atoms with E-state index >= 15 is 0 Å². The van der Waals surface area contributed by atoms with E-state index in [1.165, 1.54) is 0 Å². The number of methoxy groups -OCH3 is 1. The van der Waals surface area contributed by atoms with Crippen LogP contribution >= 0.6 is 0 Å². The lowest BCUT2D eigenvalue weighted by molar-refractivity contribution is -0.123. The smallest absolute Gasteiger partial charge is 0.223 e. The molecule has 1 aromatic rings. The van der Waals surface area contributed by atoms with Gasteiger partial charge in [-0.3, -0.25) is 9.59 Å². The van der Waals surface area contributed by atoms with Crippen molar-refractivity contribution < 1.29 is 14.3 Å². The van der Waals surface area contributed by atoms with Crippen LogP contribution in [0.3, 0.4) is 0 Å². The molecule has 2 atom stereocenters. The monoisotopic (exact) mass is 304 g/mol. The lowest BCUT2D eigenvalue weighted by Crippen LogP contribution is -2.32. The highest BCUT2D eigenvalue weighted by molar-refractivity contribution is 5.82. The van der Waals surface area contributed by atoms with Gasteiger partial charge >= 0.3 is 0 Å². The van der Waals surface area contributed by atoms with Crippen LogP contribution in [0.25, 0.3) is 0 Å². The number of carbonyl (C=O) groups excluding carboxylic acids is 2. The summed E-state index contributed by atoms with van der Waals surface area (Å²) in [5.74, 6) is 1.53. The van der Waals surface area contributed by atoms with Gasteiger partial charge in [0.25, 0.3) is 0 Å². The summed E-state index contributed by atoms with van der Waals surface area (Å²) < 4.78 is 5.27. The second kappa shape index (κ2) is 7.82. The zero-order valence-corrected chi connectivity index (χ0v) is 13.2. The summed E-state index contributed by atoms with van der Waals surface area (Å²) in [5, 5.41) is 5.68. The van der Waals surface area contributed by atoms with E-state index in [0.717, 1.165) is 24.2 Å². The first kappa shape index (κ1) is 16.3. The topological polar surface area (TPSA) is 67.4 Å². The average Bonchev–Trinajstić information content (AvgIpc) is 3.24. The van der Waals surface area contributed by atoms with Gasteiger partial charge < -0.3 is 15.4 Å². The fraction of sp³-hybridized carbons (Fsp3) is 0.529. The summed E-state index contributed by atoms with van der Waals surface area (Å²) in [6.07, 6.45) is 2.01. The van der Waals surface area contributed by atoms with Crippen LogP contribution in [0.5, 0.6) is 5.75 Å². The molecule has 2 N–H and O–H groups in total. The Labute approximate surface area is 131 Å². The molecule has 22 heavy (non-hydrogen) atoms. The van der Waals surface area contributed by atoms with Crippen LogP contribution in [-0.4, -0.2) is 32.0 Å². The summed E-state index contributed by atoms with van der Waals surface area (Å²) >= 11 is 0. The number of rotatable bonds is 8. The highest BCUT2D eigenvalue weighted by Crippen LogP contribution is 2.37. The number of hydrogen-bond donors (Lipinski definition) is 2. The van der Waals surface area contributed by atoms with Crippen molar-refractivity contribution in [1.82, 2.24) is 10.6 Å². The molecule has 1 aliphatic rings. The first-order valence-corrected chi connectivity index (χ1v) is 7.78. The van der Waals surface area contributed by atoms with E-state index < -0.39 is 0 Å². The average molecular weight is 304 g/mol. The molecular formula is C17H24N2O3. The van der Waals surface area contributed by atoms with Crippen LogP contribution in [-0.2, 0) is 16.0 Å². The molecule has 120 valence electrons. The van der Waals surface area contributed by atoms with E-state index in [1.54, 1.807) is 7.11 Å². The van der Waals surface area contributed by atoms with E-state index in [-0.39, 0.29) is 17.7 Å². The first-order valence-electron chi connectivity index (χ1n) is 7.78. The van der Waals surface area contributed by atoms with Gasteiger partial charge in [-0.15, -0.1) is 0 Å². The number of amides is 2. The zero-order chi connectivity index (χ0) is 15.9. The fourth-order valence-electron chi connectivity index (χ4n) is 2.45. The van der Waals surface area contributed by atoms with Gasteiger partial charge in [0.1, 0.15) is 5.75 Å².